The summed E-state index contributed by atoms with van der Waals surface area (Å²) in [6, 6.07) is 0.755. The summed E-state index contributed by atoms with van der Waals surface area (Å²) >= 11 is 0. The molecule has 0 aromatic heterocycles. The summed E-state index contributed by atoms with van der Waals surface area (Å²) in [7, 11) is 0. The Morgan fingerprint density at radius 2 is 0.941 bits per heavy atom. The maximum absolute atomic E-state index is 5.87. The zero-order valence-electron chi connectivity index (χ0n) is 13.3. The molecule has 106 valence electrons. The topological polar surface area (TPSA) is 52.0 Å². The molecule has 2 nitrogen and oxygen atoms in total. The van der Waals surface area contributed by atoms with E-state index >= 15 is 0 Å². The van der Waals surface area contributed by atoms with Gasteiger partial charge in [0.1, 0.15) is 0 Å². The van der Waals surface area contributed by atoms with E-state index in [9.17, 15) is 0 Å². The summed E-state index contributed by atoms with van der Waals surface area (Å²) in [6.07, 6.45) is 1.19. The molecule has 0 aliphatic heterocycles. The minimum absolute atomic E-state index is 0.370. The van der Waals surface area contributed by atoms with Gasteiger partial charge < -0.3 is 11.5 Å². The van der Waals surface area contributed by atoms with Crippen LogP contribution in [0.2, 0.25) is 0 Å². The fourth-order valence-electron chi connectivity index (χ4n) is 1.70. The highest BCUT2D eigenvalue weighted by atomic mass is 14.7. The molecule has 0 fully saturated rings. The average molecular weight is 244 g/mol. The highest BCUT2D eigenvalue weighted by Crippen LogP contribution is 2.12. The van der Waals surface area contributed by atoms with Crippen molar-refractivity contribution in [2.45, 2.75) is 73.9 Å². The SMILES string of the molecule is CC(C)C(N)C(C)C.CCC(C)C(N)C(C)C. The van der Waals surface area contributed by atoms with E-state index in [-0.39, 0.29) is 0 Å². The van der Waals surface area contributed by atoms with E-state index in [1.807, 2.05) is 0 Å². The first-order valence-electron chi connectivity index (χ1n) is 7.16. The van der Waals surface area contributed by atoms with Crippen LogP contribution in [0.15, 0.2) is 0 Å². The van der Waals surface area contributed by atoms with Gasteiger partial charge in [0.15, 0.2) is 0 Å². The molecule has 17 heavy (non-hydrogen) atoms. The maximum atomic E-state index is 5.87. The largest absolute Gasteiger partial charge is 0.327 e. The van der Waals surface area contributed by atoms with Gasteiger partial charge in [-0.3, -0.25) is 0 Å². The molecule has 4 N–H and O–H groups in total. The fourth-order valence-corrected chi connectivity index (χ4v) is 1.70. The third kappa shape index (κ3) is 9.61. The molecule has 0 rings (SSSR count). The molecule has 0 amide bonds. The van der Waals surface area contributed by atoms with Crippen LogP contribution in [0, 0.1) is 23.7 Å². The lowest BCUT2D eigenvalue weighted by Crippen LogP contribution is -2.32. The molecular weight excluding hydrogens is 208 g/mol. The summed E-state index contributed by atoms with van der Waals surface area (Å²) in [5.74, 6) is 2.54. The molecule has 0 radical (unpaired) electrons. The van der Waals surface area contributed by atoms with Crippen molar-refractivity contribution in [3.63, 3.8) is 0 Å². The van der Waals surface area contributed by atoms with E-state index in [1.165, 1.54) is 6.42 Å². The van der Waals surface area contributed by atoms with Crippen LogP contribution in [0.5, 0.6) is 0 Å². The molecule has 2 unspecified atom stereocenters. The quantitative estimate of drug-likeness (QED) is 0.776. The highest BCUT2D eigenvalue weighted by molar-refractivity contribution is 4.70. The highest BCUT2D eigenvalue weighted by Gasteiger charge is 2.13. The Kier molecular flexibility index (Phi) is 11.2. The monoisotopic (exact) mass is 244 g/mol. The van der Waals surface area contributed by atoms with Crippen LogP contribution in [-0.4, -0.2) is 12.1 Å². The van der Waals surface area contributed by atoms with E-state index in [0.29, 0.717) is 35.8 Å². The van der Waals surface area contributed by atoms with Crippen LogP contribution in [0.3, 0.4) is 0 Å². The second-order valence-electron chi connectivity index (χ2n) is 6.27. The number of hydrogen-bond donors (Lipinski definition) is 2. The average Bonchev–Trinajstić information content (AvgIpc) is 2.26. The summed E-state index contributed by atoms with van der Waals surface area (Å²) < 4.78 is 0. The molecule has 0 aliphatic rings. The van der Waals surface area contributed by atoms with Crippen LogP contribution < -0.4 is 11.5 Å². The third-order valence-electron chi connectivity index (χ3n) is 3.61. The van der Waals surface area contributed by atoms with Crippen molar-refractivity contribution in [3.05, 3.63) is 0 Å². The molecule has 2 heteroatoms. The Labute approximate surface area is 110 Å². The first kappa shape index (κ1) is 19.3. The molecule has 0 aromatic rings. The number of hydrogen-bond acceptors (Lipinski definition) is 2. The zero-order valence-corrected chi connectivity index (χ0v) is 13.3. The molecule has 0 heterocycles. The molecule has 0 aromatic carbocycles. The minimum Gasteiger partial charge on any atom is -0.327 e. The lowest BCUT2D eigenvalue weighted by Gasteiger charge is -2.21. The third-order valence-corrected chi connectivity index (χ3v) is 3.61. The van der Waals surface area contributed by atoms with E-state index in [1.54, 1.807) is 0 Å². The Bertz CT molecular complexity index is 156. The zero-order chi connectivity index (χ0) is 14.2. The van der Waals surface area contributed by atoms with Gasteiger partial charge in [-0.25, -0.2) is 0 Å². The van der Waals surface area contributed by atoms with Gasteiger partial charge >= 0.3 is 0 Å². The van der Waals surface area contributed by atoms with E-state index in [4.69, 9.17) is 11.5 Å². The first-order valence-corrected chi connectivity index (χ1v) is 7.16. The molecule has 2 atom stereocenters. The van der Waals surface area contributed by atoms with Gasteiger partial charge in [-0.05, 0) is 23.7 Å². The Hall–Kier alpha value is -0.0800. The Morgan fingerprint density at radius 3 is 1.00 bits per heavy atom. The first-order chi connectivity index (χ1) is 7.64. The van der Waals surface area contributed by atoms with Gasteiger partial charge in [0, 0.05) is 12.1 Å². The molecule has 0 bridgehead atoms. The van der Waals surface area contributed by atoms with Gasteiger partial charge in [-0.2, -0.15) is 0 Å². The van der Waals surface area contributed by atoms with Gasteiger partial charge in [0.25, 0.3) is 0 Å². The van der Waals surface area contributed by atoms with Gasteiger partial charge in [0.05, 0.1) is 0 Å². The molecular formula is C15H36N2. The van der Waals surface area contributed by atoms with Crippen molar-refractivity contribution in [2.75, 3.05) is 0 Å². The van der Waals surface area contributed by atoms with Gasteiger partial charge in [0.2, 0.25) is 0 Å². The predicted octanol–water partition coefficient (Wildman–Crippen LogP) is 3.64. The van der Waals surface area contributed by atoms with Crippen molar-refractivity contribution in [3.8, 4) is 0 Å². The van der Waals surface area contributed by atoms with Gasteiger partial charge in [-0.15, -0.1) is 0 Å². The minimum atomic E-state index is 0.370. The molecule has 0 spiro atoms. The van der Waals surface area contributed by atoms with E-state index in [2.05, 4.69) is 55.4 Å². The smallest absolute Gasteiger partial charge is 0.00876 e. The van der Waals surface area contributed by atoms with Crippen molar-refractivity contribution < 1.29 is 0 Å². The lowest BCUT2D eigenvalue weighted by molar-refractivity contribution is 0.356. The van der Waals surface area contributed by atoms with Crippen molar-refractivity contribution in [1.29, 1.82) is 0 Å². The molecule has 0 saturated heterocycles. The van der Waals surface area contributed by atoms with Crippen LogP contribution in [-0.2, 0) is 0 Å². The van der Waals surface area contributed by atoms with Crippen LogP contribution in [0.25, 0.3) is 0 Å². The second kappa shape index (κ2) is 9.90. The van der Waals surface area contributed by atoms with Crippen molar-refractivity contribution in [1.82, 2.24) is 0 Å². The molecule has 0 saturated carbocycles. The summed E-state index contributed by atoms with van der Waals surface area (Å²) in [5.41, 5.74) is 11.6. The lowest BCUT2D eigenvalue weighted by atomic mass is 9.91. The van der Waals surface area contributed by atoms with Crippen molar-refractivity contribution in [2.24, 2.45) is 35.1 Å². The Morgan fingerprint density at radius 1 is 0.647 bits per heavy atom. The second-order valence-corrected chi connectivity index (χ2v) is 6.27. The van der Waals surface area contributed by atoms with E-state index in [0.717, 1.165) is 0 Å². The molecule has 0 aliphatic carbocycles. The van der Waals surface area contributed by atoms with E-state index < -0.39 is 0 Å². The normalized spacial score (nSPS) is 15.2. The fraction of sp³-hybridized carbons (Fsp3) is 1.00. The van der Waals surface area contributed by atoms with Gasteiger partial charge in [-0.1, -0.05) is 61.8 Å². The van der Waals surface area contributed by atoms with Crippen LogP contribution in [0.4, 0.5) is 0 Å². The standard InChI is InChI=1S/C8H19N.C7H17N/c1-5-7(4)8(9)6(2)3;1-5(2)7(8)6(3)4/h6-8H,5,9H2,1-4H3;5-7H,8H2,1-4H3. The van der Waals surface area contributed by atoms with Crippen LogP contribution in [0.1, 0.15) is 61.8 Å². The summed E-state index contributed by atoms with van der Waals surface area (Å²) in [5, 5.41) is 0. The van der Waals surface area contributed by atoms with Crippen LogP contribution >= 0.6 is 0 Å². The summed E-state index contributed by atoms with van der Waals surface area (Å²) in [6.45, 7) is 17.4. The number of rotatable bonds is 5. The number of nitrogens with two attached hydrogens (primary N) is 2. The van der Waals surface area contributed by atoms with Crippen molar-refractivity contribution >= 4 is 0 Å². The summed E-state index contributed by atoms with van der Waals surface area (Å²) in [4.78, 5) is 0. The maximum Gasteiger partial charge on any atom is 0.00876 e. The predicted molar refractivity (Wildman–Crippen MR) is 79.9 cm³/mol. The Balaban J connectivity index is 0.